The van der Waals surface area contributed by atoms with Crippen molar-refractivity contribution in [1.29, 1.82) is 0 Å². The fourth-order valence-corrected chi connectivity index (χ4v) is 2.45. The van der Waals surface area contributed by atoms with Crippen molar-refractivity contribution in [2.45, 2.75) is 45.3 Å². The van der Waals surface area contributed by atoms with Crippen LogP contribution in [0.2, 0.25) is 0 Å². The molecule has 2 rings (SSSR count). The molecule has 0 heterocycles. The highest BCUT2D eigenvalue weighted by molar-refractivity contribution is 5.78. The molecule has 5 heteroatoms. The third kappa shape index (κ3) is 6.02. The Balaban J connectivity index is 1.67. The van der Waals surface area contributed by atoms with E-state index in [9.17, 15) is 9.59 Å². The molecule has 1 aliphatic rings. The van der Waals surface area contributed by atoms with Gasteiger partial charge in [-0.05, 0) is 24.8 Å². The summed E-state index contributed by atoms with van der Waals surface area (Å²) in [5, 5.41) is 9.01. The van der Waals surface area contributed by atoms with E-state index in [-0.39, 0.29) is 11.9 Å². The second-order valence-corrected chi connectivity index (χ2v) is 6.16. The largest absolute Gasteiger partial charge is 0.481 e. The minimum Gasteiger partial charge on any atom is -0.481 e. The van der Waals surface area contributed by atoms with Crippen LogP contribution in [0.4, 0.5) is 0 Å². The van der Waals surface area contributed by atoms with Crippen LogP contribution >= 0.6 is 0 Å². The Morgan fingerprint density at radius 3 is 2.61 bits per heavy atom. The van der Waals surface area contributed by atoms with Crippen molar-refractivity contribution in [2.75, 3.05) is 13.2 Å². The normalized spacial score (nSPS) is 15.2. The van der Waals surface area contributed by atoms with Gasteiger partial charge in [0, 0.05) is 25.6 Å². The minimum atomic E-state index is -0.852. The molecule has 126 valence electrons. The molecule has 1 aliphatic carbocycles. The van der Waals surface area contributed by atoms with Crippen LogP contribution in [0, 0.1) is 5.92 Å². The number of amides is 1. The first kappa shape index (κ1) is 17.5. The van der Waals surface area contributed by atoms with E-state index in [2.05, 4.69) is 0 Å². The third-order valence-electron chi connectivity index (χ3n) is 3.99. The van der Waals surface area contributed by atoms with Crippen LogP contribution < -0.4 is 0 Å². The van der Waals surface area contributed by atoms with Crippen molar-refractivity contribution in [3.8, 4) is 0 Å². The van der Waals surface area contributed by atoms with Crippen molar-refractivity contribution >= 4 is 11.9 Å². The Morgan fingerprint density at radius 1 is 1.30 bits per heavy atom. The summed E-state index contributed by atoms with van der Waals surface area (Å²) in [6.07, 6.45) is 3.05. The van der Waals surface area contributed by atoms with Crippen molar-refractivity contribution in [3.63, 3.8) is 0 Å². The zero-order valence-electron chi connectivity index (χ0n) is 13.6. The maximum absolute atomic E-state index is 12.3. The van der Waals surface area contributed by atoms with Gasteiger partial charge in [-0.15, -0.1) is 0 Å². The SMILES string of the molecule is CC(CN(C(=O)CCCOCc1ccccc1)C1CC1)C(=O)O. The van der Waals surface area contributed by atoms with E-state index in [1.165, 1.54) is 0 Å². The molecule has 0 radical (unpaired) electrons. The van der Waals surface area contributed by atoms with E-state index in [0.29, 0.717) is 32.6 Å². The quantitative estimate of drug-likeness (QED) is 0.673. The van der Waals surface area contributed by atoms with Gasteiger partial charge in [0.25, 0.3) is 0 Å². The highest BCUT2D eigenvalue weighted by atomic mass is 16.5. The molecule has 0 aliphatic heterocycles. The lowest BCUT2D eigenvalue weighted by atomic mass is 10.1. The molecular weight excluding hydrogens is 294 g/mol. The van der Waals surface area contributed by atoms with Gasteiger partial charge in [-0.2, -0.15) is 0 Å². The topological polar surface area (TPSA) is 66.8 Å². The lowest BCUT2D eigenvalue weighted by molar-refractivity contribution is -0.143. The van der Waals surface area contributed by atoms with Gasteiger partial charge in [0.2, 0.25) is 5.91 Å². The fraction of sp³-hybridized carbons (Fsp3) is 0.556. The fourth-order valence-electron chi connectivity index (χ4n) is 2.45. The number of hydrogen-bond acceptors (Lipinski definition) is 3. The van der Waals surface area contributed by atoms with Gasteiger partial charge in [0.05, 0.1) is 12.5 Å². The maximum Gasteiger partial charge on any atom is 0.308 e. The van der Waals surface area contributed by atoms with Crippen LogP contribution in [0.1, 0.15) is 38.2 Å². The summed E-state index contributed by atoms with van der Waals surface area (Å²) in [6.45, 7) is 3.04. The zero-order valence-corrected chi connectivity index (χ0v) is 13.6. The predicted octanol–water partition coefficient (Wildman–Crippen LogP) is 2.70. The first-order valence-corrected chi connectivity index (χ1v) is 8.22. The summed E-state index contributed by atoms with van der Waals surface area (Å²) < 4.78 is 5.58. The standard InChI is InChI=1S/C18H25NO4/c1-14(18(21)22)12-19(16-9-10-16)17(20)8-5-11-23-13-15-6-3-2-4-7-15/h2-4,6-7,14,16H,5,8-13H2,1H3,(H,21,22). The Kier molecular flexibility index (Phi) is 6.59. The van der Waals surface area contributed by atoms with Gasteiger partial charge in [-0.1, -0.05) is 37.3 Å². The average molecular weight is 319 g/mol. The van der Waals surface area contributed by atoms with E-state index in [4.69, 9.17) is 9.84 Å². The van der Waals surface area contributed by atoms with Crippen molar-refractivity contribution in [3.05, 3.63) is 35.9 Å². The highest BCUT2D eigenvalue weighted by Crippen LogP contribution is 2.28. The van der Waals surface area contributed by atoms with E-state index in [1.807, 2.05) is 30.3 Å². The molecule has 1 saturated carbocycles. The predicted molar refractivity (Wildman–Crippen MR) is 86.9 cm³/mol. The van der Waals surface area contributed by atoms with Gasteiger partial charge < -0.3 is 14.7 Å². The Labute approximate surface area is 137 Å². The molecule has 0 spiro atoms. The number of carboxylic acid groups (broad SMARTS) is 1. The molecule has 1 fully saturated rings. The molecular formula is C18H25NO4. The van der Waals surface area contributed by atoms with E-state index in [1.54, 1.807) is 11.8 Å². The first-order valence-electron chi connectivity index (χ1n) is 8.22. The van der Waals surface area contributed by atoms with Crippen LogP contribution in [0.25, 0.3) is 0 Å². The molecule has 1 aromatic carbocycles. The first-order chi connectivity index (χ1) is 11.1. The summed E-state index contributed by atoms with van der Waals surface area (Å²) in [7, 11) is 0. The second kappa shape index (κ2) is 8.67. The number of carbonyl (C=O) groups is 2. The maximum atomic E-state index is 12.3. The van der Waals surface area contributed by atoms with Crippen LogP contribution in [-0.4, -0.2) is 41.1 Å². The number of hydrogen-bond donors (Lipinski definition) is 1. The molecule has 1 aromatic rings. The molecule has 0 bridgehead atoms. The van der Waals surface area contributed by atoms with Gasteiger partial charge in [0.1, 0.15) is 0 Å². The van der Waals surface area contributed by atoms with E-state index < -0.39 is 11.9 Å². The number of aliphatic carboxylic acids is 1. The van der Waals surface area contributed by atoms with E-state index in [0.717, 1.165) is 18.4 Å². The molecule has 0 aromatic heterocycles. The molecule has 0 saturated heterocycles. The number of benzene rings is 1. The van der Waals surface area contributed by atoms with Gasteiger partial charge in [-0.3, -0.25) is 9.59 Å². The average Bonchev–Trinajstić information content (AvgIpc) is 3.37. The lowest BCUT2D eigenvalue weighted by Gasteiger charge is -2.24. The van der Waals surface area contributed by atoms with Crippen LogP contribution in [0.5, 0.6) is 0 Å². The molecule has 1 atom stereocenters. The van der Waals surface area contributed by atoms with Crippen molar-refractivity contribution in [1.82, 2.24) is 4.90 Å². The summed E-state index contributed by atoms with van der Waals surface area (Å²) in [5.74, 6) is -1.33. The summed E-state index contributed by atoms with van der Waals surface area (Å²) >= 11 is 0. The van der Waals surface area contributed by atoms with Gasteiger partial charge in [-0.25, -0.2) is 0 Å². The molecule has 5 nitrogen and oxygen atoms in total. The summed E-state index contributed by atoms with van der Waals surface area (Å²) in [6, 6.07) is 10.2. The number of carboxylic acids is 1. The Bertz CT molecular complexity index is 513. The lowest BCUT2D eigenvalue weighted by Crippen LogP contribution is -2.38. The van der Waals surface area contributed by atoms with E-state index >= 15 is 0 Å². The molecule has 1 amide bonds. The second-order valence-electron chi connectivity index (χ2n) is 6.16. The number of ether oxygens (including phenoxy) is 1. The van der Waals surface area contributed by atoms with Crippen molar-refractivity contribution in [2.24, 2.45) is 5.92 Å². The number of nitrogens with zero attached hydrogens (tertiary/aromatic N) is 1. The monoisotopic (exact) mass is 319 g/mol. The van der Waals surface area contributed by atoms with Crippen LogP contribution in [0.3, 0.4) is 0 Å². The third-order valence-corrected chi connectivity index (χ3v) is 3.99. The zero-order chi connectivity index (χ0) is 16.7. The highest BCUT2D eigenvalue weighted by Gasteiger charge is 2.33. The molecule has 1 unspecified atom stereocenters. The van der Waals surface area contributed by atoms with Crippen molar-refractivity contribution < 1.29 is 19.4 Å². The number of carbonyl (C=O) groups excluding carboxylic acids is 1. The van der Waals surface area contributed by atoms with Crippen LogP contribution in [-0.2, 0) is 20.9 Å². The minimum absolute atomic E-state index is 0.0453. The molecule has 23 heavy (non-hydrogen) atoms. The molecule has 1 N–H and O–H groups in total. The summed E-state index contributed by atoms with van der Waals surface area (Å²) in [5.41, 5.74) is 1.12. The Hall–Kier alpha value is -1.88. The summed E-state index contributed by atoms with van der Waals surface area (Å²) in [4.78, 5) is 25.0. The van der Waals surface area contributed by atoms with Crippen LogP contribution in [0.15, 0.2) is 30.3 Å². The Morgan fingerprint density at radius 2 is 2.00 bits per heavy atom. The van der Waals surface area contributed by atoms with Gasteiger partial charge in [0.15, 0.2) is 0 Å². The number of rotatable bonds is 10. The smallest absolute Gasteiger partial charge is 0.308 e. The van der Waals surface area contributed by atoms with Gasteiger partial charge >= 0.3 is 5.97 Å².